The zero-order valence-electron chi connectivity index (χ0n) is 41.0. The van der Waals surface area contributed by atoms with Crippen LogP contribution in [0, 0.1) is 11.8 Å². The highest BCUT2D eigenvalue weighted by Crippen LogP contribution is 2.50. The number of carbonyl (C=O) groups excluding carboxylic acids is 2. The molecule has 0 saturated carbocycles. The van der Waals surface area contributed by atoms with Crippen LogP contribution in [0.4, 0.5) is 11.6 Å². The quantitative estimate of drug-likeness (QED) is 0.0731. The first-order chi connectivity index (χ1) is 34.1. The SMILES string of the molecule is CCC(CC)COc1ccc2cc(-c3cccc(NC(C)=O)n3)c(OCc3ccccc3)cc2c1-c1c(OCC(CC)CC)ccc2cc(-c3cccc(NC(C)=O)n3)c(OCc3ccccc3)cc12. The maximum atomic E-state index is 12.2. The number of amides is 2. The summed E-state index contributed by atoms with van der Waals surface area (Å²) in [5.74, 6) is 3.82. The molecule has 2 aromatic heterocycles. The first kappa shape index (κ1) is 48.7. The lowest BCUT2D eigenvalue weighted by atomic mass is 9.89. The summed E-state index contributed by atoms with van der Waals surface area (Å²) in [5.41, 5.74) is 6.58. The summed E-state index contributed by atoms with van der Waals surface area (Å²) in [6, 6.07) is 48.1. The molecule has 2 N–H and O–H groups in total. The second kappa shape index (κ2) is 23.1. The molecule has 0 saturated heterocycles. The fourth-order valence-corrected chi connectivity index (χ4v) is 8.66. The van der Waals surface area contributed by atoms with Crippen molar-refractivity contribution >= 4 is 45.0 Å². The van der Waals surface area contributed by atoms with Crippen LogP contribution in [0.1, 0.15) is 78.4 Å². The van der Waals surface area contributed by atoms with Crippen LogP contribution in [0.15, 0.2) is 146 Å². The van der Waals surface area contributed by atoms with Gasteiger partial charge in [-0.2, -0.15) is 0 Å². The van der Waals surface area contributed by atoms with E-state index < -0.39 is 0 Å². The Morgan fingerprint density at radius 1 is 0.457 bits per heavy atom. The minimum Gasteiger partial charge on any atom is -0.493 e. The molecule has 358 valence electrons. The number of aromatic nitrogens is 2. The van der Waals surface area contributed by atoms with E-state index in [0.29, 0.717) is 84.3 Å². The van der Waals surface area contributed by atoms with Gasteiger partial charge in [-0.25, -0.2) is 9.97 Å². The summed E-state index contributed by atoms with van der Waals surface area (Å²) in [5, 5.41) is 9.34. The Bertz CT molecular complexity index is 2870. The van der Waals surface area contributed by atoms with Crippen molar-refractivity contribution in [1.29, 1.82) is 0 Å². The molecule has 8 aromatic rings. The molecular weight excluding hydrogens is 873 g/mol. The molecule has 0 radical (unpaired) electrons. The standard InChI is InChI=1S/C60H62N4O6/c1-7-41(8-2)35-67-53-29-27-45-31-49(51-23-17-25-57(63-51)61-39(5)65)55(69-37-43-19-13-11-14-20-43)33-47(45)59(53)60-48-34-56(70-38-44-21-15-12-16-22-44)50(52-24-18-26-58(64-52)62-40(6)66)32-46(48)28-30-54(60)68-36-42(9-3)10-4/h11-34,41-42H,7-10,35-38H2,1-6H3,(H,61,63,65)(H,62,64,66). The Labute approximate surface area is 411 Å². The lowest BCUT2D eigenvalue weighted by Gasteiger charge is -2.24. The molecular formula is C60H62N4O6. The summed E-state index contributed by atoms with van der Waals surface area (Å²) in [6.07, 6.45) is 3.91. The summed E-state index contributed by atoms with van der Waals surface area (Å²) >= 11 is 0. The largest absolute Gasteiger partial charge is 0.493 e. The van der Waals surface area contributed by atoms with E-state index in [-0.39, 0.29) is 11.8 Å². The Morgan fingerprint density at radius 3 is 1.23 bits per heavy atom. The van der Waals surface area contributed by atoms with Crippen LogP contribution in [0.5, 0.6) is 23.0 Å². The molecule has 0 unspecified atom stereocenters. The number of anilines is 2. The van der Waals surface area contributed by atoms with Gasteiger partial charge in [-0.05, 0) is 105 Å². The highest BCUT2D eigenvalue weighted by atomic mass is 16.5. The molecule has 8 rings (SSSR count). The third-order valence-electron chi connectivity index (χ3n) is 12.8. The van der Waals surface area contributed by atoms with Crippen molar-refractivity contribution in [2.24, 2.45) is 11.8 Å². The average Bonchev–Trinajstić information content (AvgIpc) is 3.37. The summed E-state index contributed by atoms with van der Waals surface area (Å²) < 4.78 is 27.7. The molecule has 0 aliphatic heterocycles. The molecule has 0 bridgehead atoms. The van der Waals surface area contributed by atoms with Gasteiger partial charge in [-0.15, -0.1) is 0 Å². The van der Waals surface area contributed by atoms with E-state index in [1.807, 2.05) is 84.9 Å². The Morgan fingerprint density at radius 2 is 0.857 bits per heavy atom. The normalized spacial score (nSPS) is 11.3. The number of rotatable bonds is 21. The molecule has 2 heterocycles. The average molecular weight is 935 g/mol. The molecule has 10 heteroatoms. The summed E-state index contributed by atoms with van der Waals surface area (Å²) in [7, 11) is 0. The van der Waals surface area contributed by atoms with Gasteiger partial charge in [-0.3, -0.25) is 9.59 Å². The maximum Gasteiger partial charge on any atom is 0.222 e. The van der Waals surface area contributed by atoms with E-state index >= 15 is 0 Å². The van der Waals surface area contributed by atoms with Gasteiger partial charge in [0, 0.05) is 36.1 Å². The number of hydrogen-bond acceptors (Lipinski definition) is 8. The van der Waals surface area contributed by atoms with Crippen LogP contribution < -0.4 is 29.6 Å². The van der Waals surface area contributed by atoms with Crippen molar-refractivity contribution in [3.05, 3.63) is 157 Å². The molecule has 70 heavy (non-hydrogen) atoms. The van der Waals surface area contributed by atoms with Gasteiger partial charge in [0.2, 0.25) is 11.8 Å². The van der Waals surface area contributed by atoms with Crippen molar-refractivity contribution in [2.75, 3.05) is 23.8 Å². The Hall–Kier alpha value is -7.72. The number of pyridine rings is 2. The fraction of sp³-hybridized carbons (Fsp3) is 0.267. The topological polar surface area (TPSA) is 121 Å². The van der Waals surface area contributed by atoms with Crippen LogP contribution >= 0.6 is 0 Å². The minimum atomic E-state index is -0.206. The maximum absolute atomic E-state index is 12.2. The zero-order valence-corrected chi connectivity index (χ0v) is 41.0. The van der Waals surface area contributed by atoms with Crippen molar-refractivity contribution in [3.63, 3.8) is 0 Å². The van der Waals surface area contributed by atoms with Gasteiger partial charge in [-0.1, -0.05) is 138 Å². The number of nitrogens with zero attached hydrogens (tertiary/aromatic N) is 2. The summed E-state index contributed by atoms with van der Waals surface area (Å²) in [4.78, 5) is 34.1. The van der Waals surface area contributed by atoms with Crippen LogP contribution in [0.2, 0.25) is 0 Å². The van der Waals surface area contributed by atoms with Crippen molar-refractivity contribution in [3.8, 4) is 56.6 Å². The van der Waals surface area contributed by atoms with E-state index in [0.717, 1.165) is 80.6 Å². The molecule has 0 spiro atoms. The van der Waals surface area contributed by atoms with E-state index in [4.69, 9.17) is 28.9 Å². The van der Waals surface area contributed by atoms with Gasteiger partial charge >= 0.3 is 0 Å². The van der Waals surface area contributed by atoms with Gasteiger partial charge < -0.3 is 29.6 Å². The first-order valence-electron chi connectivity index (χ1n) is 24.4. The molecule has 0 atom stereocenters. The van der Waals surface area contributed by atoms with Gasteiger partial charge in [0.25, 0.3) is 0 Å². The van der Waals surface area contributed by atoms with E-state index in [1.165, 1.54) is 13.8 Å². The molecule has 10 nitrogen and oxygen atoms in total. The monoisotopic (exact) mass is 934 g/mol. The number of ether oxygens (including phenoxy) is 4. The molecule has 0 fully saturated rings. The number of hydrogen-bond donors (Lipinski definition) is 2. The molecule has 0 aliphatic carbocycles. The van der Waals surface area contributed by atoms with Crippen molar-refractivity contribution in [2.45, 2.75) is 80.4 Å². The smallest absolute Gasteiger partial charge is 0.222 e. The van der Waals surface area contributed by atoms with Crippen molar-refractivity contribution < 1.29 is 28.5 Å². The zero-order chi connectivity index (χ0) is 49.0. The summed E-state index contributed by atoms with van der Waals surface area (Å²) in [6.45, 7) is 13.4. The van der Waals surface area contributed by atoms with E-state index in [2.05, 4.69) is 86.9 Å². The van der Waals surface area contributed by atoms with Crippen molar-refractivity contribution in [1.82, 2.24) is 9.97 Å². The Balaban J connectivity index is 1.42. The molecule has 0 aliphatic rings. The predicted octanol–water partition coefficient (Wildman–Crippen LogP) is 14.5. The van der Waals surface area contributed by atoms with Crippen LogP contribution in [-0.2, 0) is 22.8 Å². The first-order valence-corrected chi connectivity index (χ1v) is 24.4. The number of benzene rings is 6. The van der Waals surface area contributed by atoms with Gasteiger partial charge in [0.1, 0.15) is 47.8 Å². The predicted molar refractivity (Wildman–Crippen MR) is 283 cm³/mol. The highest BCUT2D eigenvalue weighted by molar-refractivity contribution is 6.12. The fourth-order valence-electron chi connectivity index (χ4n) is 8.66. The lowest BCUT2D eigenvalue weighted by molar-refractivity contribution is -0.115. The number of fused-ring (bicyclic) bond motifs is 2. The number of carbonyl (C=O) groups is 2. The number of nitrogens with one attached hydrogen (secondary N) is 2. The van der Waals surface area contributed by atoms with E-state index in [9.17, 15) is 9.59 Å². The third-order valence-corrected chi connectivity index (χ3v) is 12.8. The van der Waals surface area contributed by atoms with Gasteiger partial charge in [0.15, 0.2) is 0 Å². The highest BCUT2D eigenvalue weighted by Gasteiger charge is 2.25. The lowest BCUT2D eigenvalue weighted by Crippen LogP contribution is -2.12. The minimum absolute atomic E-state index is 0.206. The molecule has 6 aromatic carbocycles. The van der Waals surface area contributed by atoms with Crippen LogP contribution in [-0.4, -0.2) is 35.0 Å². The van der Waals surface area contributed by atoms with E-state index in [1.54, 1.807) is 12.1 Å². The second-order valence-electron chi connectivity index (χ2n) is 17.7. The van der Waals surface area contributed by atoms with Crippen LogP contribution in [0.3, 0.4) is 0 Å². The van der Waals surface area contributed by atoms with Crippen LogP contribution in [0.25, 0.3) is 55.2 Å². The Kier molecular flexibility index (Phi) is 16.0. The second-order valence-corrected chi connectivity index (χ2v) is 17.7. The third kappa shape index (κ3) is 11.7. The molecule has 2 amide bonds. The van der Waals surface area contributed by atoms with Gasteiger partial charge in [0.05, 0.1) is 24.6 Å².